The number of carboxylic acids is 1. The summed E-state index contributed by atoms with van der Waals surface area (Å²) in [6.45, 7) is 1.90. The zero-order valence-corrected chi connectivity index (χ0v) is 12.5. The van der Waals surface area contributed by atoms with Gasteiger partial charge in [-0.2, -0.15) is 0 Å². The monoisotopic (exact) mass is 318 g/mol. The van der Waals surface area contributed by atoms with Crippen molar-refractivity contribution in [3.8, 4) is 0 Å². The van der Waals surface area contributed by atoms with E-state index < -0.39 is 5.97 Å². The Morgan fingerprint density at radius 1 is 1.32 bits per heavy atom. The average molecular weight is 319 g/mol. The van der Waals surface area contributed by atoms with Gasteiger partial charge < -0.3 is 9.90 Å². The number of amides is 2. The number of anilines is 1. The number of rotatable bonds is 2. The number of carbonyl (C=O) groups excluding carboxylic acids is 3. The number of allylic oxidation sites excluding steroid dienone is 2. The molecular formula is C16H13ClNO4-. The fourth-order valence-corrected chi connectivity index (χ4v) is 3.41. The van der Waals surface area contributed by atoms with Gasteiger partial charge in [0.1, 0.15) is 0 Å². The number of imide groups is 1. The van der Waals surface area contributed by atoms with Crippen LogP contribution < -0.4 is 10.0 Å². The first-order valence-corrected chi connectivity index (χ1v) is 7.35. The minimum absolute atomic E-state index is 0.00953. The molecule has 0 radical (unpaired) electrons. The van der Waals surface area contributed by atoms with E-state index in [0.717, 1.165) is 4.90 Å². The van der Waals surface area contributed by atoms with Crippen LogP contribution >= 0.6 is 11.6 Å². The SMILES string of the molecule is C[C@H]1C=CC[C@H]2C(=O)N(c3ccc(Cl)c(C(=O)[O-])c3)C(=O)[C@H]12. The molecule has 3 atom stereocenters. The standard InChI is InChI=1S/C16H14ClNO4/c1-8-3-2-4-10-13(8)15(20)18(14(10)19)9-5-6-12(17)11(7-9)16(21)22/h2-3,5-8,10,13H,4H2,1H3,(H,21,22)/p-1/t8-,10+,13+/m0/s1. The van der Waals surface area contributed by atoms with E-state index in [1.165, 1.54) is 18.2 Å². The first kappa shape index (κ1) is 14.8. The molecule has 5 nitrogen and oxygen atoms in total. The van der Waals surface area contributed by atoms with Gasteiger partial charge in [-0.1, -0.05) is 30.7 Å². The van der Waals surface area contributed by atoms with Gasteiger partial charge in [-0.05, 0) is 30.5 Å². The molecule has 1 aliphatic heterocycles. The molecule has 2 aliphatic rings. The molecule has 22 heavy (non-hydrogen) atoms. The van der Waals surface area contributed by atoms with Crippen molar-refractivity contribution in [2.24, 2.45) is 17.8 Å². The van der Waals surface area contributed by atoms with Gasteiger partial charge in [0.15, 0.2) is 0 Å². The highest BCUT2D eigenvalue weighted by atomic mass is 35.5. The lowest BCUT2D eigenvalue weighted by Gasteiger charge is -2.22. The highest BCUT2D eigenvalue weighted by Gasteiger charge is 2.50. The third-order valence-corrected chi connectivity index (χ3v) is 4.63. The largest absolute Gasteiger partial charge is 0.545 e. The van der Waals surface area contributed by atoms with Crippen molar-refractivity contribution < 1.29 is 19.5 Å². The molecule has 6 heteroatoms. The lowest BCUT2D eigenvalue weighted by atomic mass is 9.78. The molecule has 0 spiro atoms. The van der Waals surface area contributed by atoms with Gasteiger partial charge in [0.2, 0.25) is 11.8 Å². The van der Waals surface area contributed by atoms with Crippen molar-refractivity contribution in [1.29, 1.82) is 0 Å². The van der Waals surface area contributed by atoms with Crippen molar-refractivity contribution in [2.75, 3.05) is 4.90 Å². The van der Waals surface area contributed by atoms with E-state index in [2.05, 4.69) is 0 Å². The van der Waals surface area contributed by atoms with Crippen LogP contribution in [0.4, 0.5) is 5.69 Å². The van der Waals surface area contributed by atoms with E-state index in [1.807, 2.05) is 19.1 Å². The Bertz CT molecular complexity index is 712. The topological polar surface area (TPSA) is 77.5 Å². The zero-order chi connectivity index (χ0) is 16.0. The minimum Gasteiger partial charge on any atom is -0.545 e. The molecule has 1 fully saturated rings. The highest BCUT2D eigenvalue weighted by molar-refractivity contribution is 6.33. The summed E-state index contributed by atoms with van der Waals surface area (Å²) in [5.41, 5.74) is -0.0130. The van der Waals surface area contributed by atoms with Crippen LogP contribution in [-0.2, 0) is 9.59 Å². The van der Waals surface area contributed by atoms with Crippen molar-refractivity contribution in [3.05, 3.63) is 40.9 Å². The molecule has 1 heterocycles. The van der Waals surface area contributed by atoms with Crippen LogP contribution in [0.25, 0.3) is 0 Å². The molecule has 2 amide bonds. The summed E-state index contributed by atoms with van der Waals surface area (Å²) in [5.74, 6) is -2.82. The Hall–Kier alpha value is -2.14. The van der Waals surface area contributed by atoms with E-state index in [1.54, 1.807) is 0 Å². The molecule has 0 bridgehead atoms. The molecule has 1 aromatic carbocycles. The van der Waals surface area contributed by atoms with Crippen LogP contribution in [0.2, 0.25) is 5.02 Å². The first-order chi connectivity index (χ1) is 10.4. The lowest BCUT2D eigenvalue weighted by Crippen LogP contribution is -2.32. The number of carbonyl (C=O) groups is 3. The fourth-order valence-electron chi connectivity index (χ4n) is 3.21. The van der Waals surface area contributed by atoms with Crippen molar-refractivity contribution in [1.82, 2.24) is 0 Å². The van der Waals surface area contributed by atoms with E-state index >= 15 is 0 Å². The highest BCUT2D eigenvalue weighted by Crippen LogP contribution is 2.40. The van der Waals surface area contributed by atoms with E-state index in [0.29, 0.717) is 6.42 Å². The van der Waals surface area contributed by atoms with Gasteiger partial charge >= 0.3 is 0 Å². The Morgan fingerprint density at radius 3 is 2.68 bits per heavy atom. The van der Waals surface area contributed by atoms with Gasteiger partial charge in [0.05, 0.1) is 23.5 Å². The van der Waals surface area contributed by atoms with Crippen LogP contribution in [0, 0.1) is 17.8 Å². The predicted octanol–water partition coefficient (Wildman–Crippen LogP) is 1.41. The van der Waals surface area contributed by atoms with Gasteiger partial charge in [-0.25, -0.2) is 0 Å². The maximum atomic E-state index is 12.6. The summed E-state index contributed by atoms with van der Waals surface area (Å²) in [7, 11) is 0. The van der Waals surface area contributed by atoms with Crippen LogP contribution in [0.3, 0.4) is 0 Å². The van der Waals surface area contributed by atoms with Gasteiger partial charge in [-0.3, -0.25) is 14.5 Å². The second kappa shape index (κ2) is 5.25. The summed E-state index contributed by atoms with van der Waals surface area (Å²) in [4.78, 5) is 37.3. The molecule has 0 N–H and O–H groups in total. The summed E-state index contributed by atoms with van der Waals surface area (Å²) in [5, 5.41) is 11.1. The molecule has 1 saturated heterocycles. The average Bonchev–Trinajstić information content (AvgIpc) is 2.73. The Morgan fingerprint density at radius 2 is 2.05 bits per heavy atom. The maximum absolute atomic E-state index is 12.6. The zero-order valence-electron chi connectivity index (χ0n) is 11.8. The molecule has 114 valence electrons. The number of hydrogen-bond donors (Lipinski definition) is 0. The quantitative estimate of drug-likeness (QED) is 0.610. The maximum Gasteiger partial charge on any atom is 0.238 e. The summed E-state index contributed by atoms with van der Waals surface area (Å²) < 4.78 is 0. The number of fused-ring (bicyclic) bond motifs is 1. The smallest absolute Gasteiger partial charge is 0.238 e. The van der Waals surface area contributed by atoms with Crippen molar-refractivity contribution >= 4 is 35.1 Å². The number of aromatic carboxylic acids is 1. The number of benzene rings is 1. The molecule has 1 aliphatic carbocycles. The van der Waals surface area contributed by atoms with Crippen LogP contribution in [0.1, 0.15) is 23.7 Å². The van der Waals surface area contributed by atoms with Gasteiger partial charge in [0.25, 0.3) is 0 Å². The predicted molar refractivity (Wildman–Crippen MR) is 78.2 cm³/mol. The lowest BCUT2D eigenvalue weighted by molar-refractivity contribution is -0.255. The number of hydrogen-bond acceptors (Lipinski definition) is 4. The van der Waals surface area contributed by atoms with E-state index in [-0.39, 0.29) is 45.8 Å². The van der Waals surface area contributed by atoms with Gasteiger partial charge in [-0.15, -0.1) is 0 Å². The third-order valence-electron chi connectivity index (χ3n) is 4.30. The third kappa shape index (κ3) is 2.13. The Kier molecular flexibility index (Phi) is 3.53. The molecule has 3 rings (SSSR count). The second-order valence-corrected chi connectivity index (χ2v) is 6.03. The second-order valence-electron chi connectivity index (χ2n) is 5.62. The van der Waals surface area contributed by atoms with Crippen LogP contribution in [0.5, 0.6) is 0 Å². The normalized spacial score (nSPS) is 27.2. The summed E-state index contributed by atoms with van der Waals surface area (Å²) in [6, 6.07) is 4.04. The number of nitrogens with zero attached hydrogens (tertiary/aromatic N) is 1. The van der Waals surface area contributed by atoms with Crippen molar-refractivity contribution in [3.63, 3.8) is 0 Å². The van der Waals surface area contributed by atoms with Crippen LogP contribution in [-0.4, -0.2) is 17.8 Å². The Balaban J connectivity index is 2.03. The molecule has 0 unspecified atom stereocenters. The van der Waals surface area contributed by atoms with Crippen molar-refractivity contribution in [2.45, 2.75) is 13.3 Å². The summed E-state index contributed by atoms with van der Waals surface area (Å²) in [6.07, 6.45) is 4.37. The van der Waals surface area contributed by atoms with Gasteiger partial charge in [0, 0.05) is 10.6 Å². The molecule has 0 aromatic heterocycles. The van der Waals surface area contributed by atoms with E-state index in [9.17, 15) is 19.5 Å². The molecule has 1 aromatic rings. The Labute approximate surface area is 132 Å². The minimum atomic E-state index is -1.45. The summed E-state index contributed by atoms with van der Waals surface area (Å²) >= 11 is 5.80. The fraction of sp³-hybridized carbons (Fsp3) is 0.312. The first-order valence-electron chi connectivity index (χ1n) is 6.97. The van der Waals surface area contributed by atoms with Crippen LogP contribution in [0.15, 0.2) is 30.4 Å². The number of carboxylic acid groups (broad SMARTS) is 1. The van der Waals surface area contributed by atoms with E-state index in [4.69, 9.17) is 11.6 Å². The molecular weight excluding hydrogens is 306 g/mol. The number of halogens is 1. The molecule has 0 saturated carbocycles.